The number of hydrogen-bond donors (Lipinski definition) is 1. The smallest absolute Gasteiger partial charge is 0.229 e. The predicted octanol–water partition coefficient (Wildman–Crippen LogP) is 3.67. The Morgan fingerprint density at radius 3 is 2.65 bits per heavy atom. The number of ether oxygens (including phenoxy) is 1. The van der Waals surface area contributed by atoms with Crippen LogP contribution in [0.15, 0.2) is 70.2 Å². The molecule has 0 amide bonds. The number of hydrogen-bond acceptors (Lipinski definition) is 6. The normalized spacial score (nSPS) is 13.8. The van der Waals surface area contributed by atoms with Gasteiger partial charge in [-0.3, -0.25) is 9.52 Å². The van der Waals surface area contributed by atoms with Gasteiger partial charge in [-0.05, 0) is 35.9 Å². The third-order valence-electron chi connectivity index (χ3n) is 5.62. The molecule has 1 aliphatic rings. The van der Waals surface area contributed by atoms with Crippen LogP contribution < -0.4 is 10.2 Å². The summed E-state index contributed by atoms with van der Waals surface area (Å²) in [4.78, 5) is 15.2. The molecule has 2 heterocycles. The Morgan fingerprint density at radius 1 is 1.24 bits per heavy atom. The predicted molar refractivity (Wildman–Crippen MR) is 134 cm³/mol. The van der Waals surface area contributed by atoms with Crippen LogP contribution in [-0.4, -0.2) is 46.4 Å². The van der Waals surface area contributed by atoms with E-state index >= 15 is 0 Å². The Morgan fingerprint density at radius 2 is 1.97 bits per heavy atom. The van der Waals surface area contributed by atoms with Gasteiger partial charge in [-0.15, -0.1) is 0 Å². The molecule has 0 saturated carbocycles. The molecule has 4 rings (SSSR count). The Labute approximate surface area is 199 Å². The molecule has 0 spiro atoms. The lowest BCUT2D eigenvalue weighted by molar-refractivity contribution is 0.153. The van der Waals surface area contributed by atoms with E-state index in [9.17, 15) is 13.2 Å². The Hall–Kier alpha value is -3.54. The molecule has 0 atom stereocenters. The average Bonchev–Trinajstić information content (AvgIpc) is 2.76. The monoisotopic (exact) mass is 478 g/mol. The second-order valence-corrected chi connectivity index (χ2v) is 10.1. The van der Waals surface area contributed by atoms with Crippen molar-refractivity contribution in [3.8, 4) is 23.0 Å². The number of likely N-dealkylation sites (tertiary alicyclic amines) is 1. The average molecular weight is 479 g/mol. The lowest BCUT2D eigenvalue weighted by Crippen LogP contribution is -2.45. The Kier molecular flexibility index (Phi) is 6.77. The van der Waals surface area contributed by atoms with E-state index < -0.39 is 10.0 Å². The highest BCUT2D eigenvalue weighted by atomic mass is 32.2. The van der Waals surface area contributed by atoms with Gasteiger partial charge in [0.15, 0.2) is 5.43 Å². The van der Waals surface area contributed by atoms with E-state index in [0.29, 0.717) is 34.4 Å². The second kappa shape index (κ2) is 9.75. The van der Waals surface area contributed by atoms with Crippen molar-refractivity contribution >= 4 is 26.7 Å². The van der Waals surface area contributed by atoms with Crippen LogP contribution in [0.3, 0.4) is 0 Å². The van der Waals surface area contributed by atoms with Gasteiger partial charge < -0.3 is 14.1 Å². The Balaban J connectivity index is 1.47. The lowest BCUT2D eigenvalue weighted by Gasteiger charge is -2.39. The fourth-order valence-electron chi connectivity index (χ4n) is 3.73. The summed E-state index contributed by atoms with van der Waals surface area (Å²) in [7, 11) is -1.68. The van der Waals surface area contributed by atoms with Crippen LogP contribution in [0.5, 0.6) is 0 Å². The molecule has 0 unspecified atom stereocenters. The minimum Gasteiger partial charge on any atom is -0.463 e. The molecule has 2 aromatic carbocycles. The summed E-state index contributed by atoms with van der Waals surface area (Å²) in [5.41, 5.74) is 3.64. The maximum absolute atomic E-state index is 13.0. The molecule has 8 heteroatoms. The number of methoxy groups -OCH3 is 1. The molecule has 1 fully saturated rings. The Bertz CT molecular complexity index is 1440. The number of sulfonamides is 1. The molecule has 1 N–H and O–H groups in total. The van der Waals surface area contributed by atoms with Gasteiger partial charge in [0.2, 0.25) is 10.0 Å². The number of nitrogens with one attached hydrogen (secondary N) is 1. The topological polar surface area (TPSA) is 88.9 Å². The van der Waals surface area contributed by atoms with Gasteiger partial charge in [0, 0.05) is 43.6 Å². The fourth-order valence-corrected chi connectivity index (χ4v) is 4.29. The highest BCUT2D eigenvalue weighted by Crippen LogP contribution is 2.24. The quantitative estimate of drug-likeness (QED) is 0.522. The number of rotatable bonds is 7. The van der Waals surface area contributed by atoms with Gasteiger partial charge in [-0.1, -0.05) is 30.6 Å². The minimum absolute atomic E-state index is 0.159. The summed E-state index contributed by atoms with van der Waals surface area (Å²) in [6.45, 7) is 6.48. The van der Waals surface area contributed by atoms with Gasteiger partial charge >= 0.3 is 0 Å². The third-order valence-corrected chi connectivity index (χ3v) is 6.22. The van der Waals surface area contributed by atoms with Crippen molar-refractivity contribution in [1.82, 2.24) is 4.90 Å². The van der Waals surface area contributed by atoms with Gasteiger partial charge in [0.05, 0.1) is 29.7 Å². The van der Waals surface area contributed by atoms with E-state index in [0.717, 1.165) is 37.0 Å². The van der Waals surface area contributed by atoms with Crippen molar-refractivity contribution < 1.29 is 17.6 Å². The highest BCUT2D eigenvalue weighted by Gasteiger charge is 2.25. The molecule has 7 nitrogen and oxygen atoms in total. The molecule has 34 heavy (non-hydrogen) atoms. The van der Waals surface area contributed by atoms with Crippen LogP contribution in [0.1, 0.15) is 12.0 Å². The molecule has 0 bridgehead atoms. The summed E-state index contributed by atoms with van der Waals surface area (Å²) in [5, 5.41) is 0.464. The molecule has 0 radical (unpaired) electrons. The SMILES string of the molecule is C=C(CCOC)N1CC(C#Cc2ccc3c(=O)c(-c4ccc(NS(C)(=O)=O)cc4)coc3c2)C1. The van der Waals surface area contributed by atoms with Crippen molar-refractivity contribution in [3.63, 3.8) is 0 Å². The zero-order valence-corrected chi connectivity index (χ0v) is 19.9. The first-order valence-electron chi connectivity index (χ1n) is 10.8. The minimum atomic E-state index is -3.37. The number of anilines is 1. The van der Waals surface area contributed by atoms with E-state index in [-0.39, 0.29) is 11.3 Å². The van der Waals surface area contributed by atoms with Crippen LogP contribution >= 0.6 is 0 Å². The van der Waals surface area contributed by atoms with Gasteiger partial charge in [0.1, 0.15) is 11.8 Å². The first-order chi connectivity index (χ1) is 16.2. The molecular formula is C26H26N2O5S. The molecule has 176 valence electrons. The van der Waals surface area contributed by atoms with E-state index in [4.69, 9.17) is 9.15 Å². The fraction of sp³-hybridized carbons (Fsp3) is 0.269. The summed E-state index contributed by atoms with van der Waals surface area (Å²) in [6.07, 6.45) is 3.33. The van der Waals surface area contributed by atoms with Gasteiger partial charge in [0.25, 0.3) is 0 Å². The van der Waals surface area contributed by atoms with Crippen molar-refractivity contribution in [1.29, 1.82) is 0 Å². The number of benzene rings is 2. The maximum atomic E-state index is 13.0. The molecule has 1 aromatic heterocycles. The summed E-state index contributed by atoms with van der Waals surface area (Å²) in [6, 6.07) is 11.9. The summed E-state index contributed by atoms with van der Waals surface area (Å²) >= 11 is 0. The molecule has 1 aliphatic heterocycles. The molecule has 3 aromatic rings. The van der Waals surface area contributed by atoms with Crippen molar-refractivity contribution in [2.24, 2.45) is 5.92 Å². The lowest BCUT2D eigenvalue weighted by atomic mass is 9.99. The van der Waals surface area contributed by atoms with Crippen LogP contribution in [0.2, 0.25) is 0 Å². The largest absolute Gasteiger partial charge is 0.463 e. The van der Waals surface area contributed by atoms with Crippen molar-refractivity contribution in [2.75, 3.05) is 37.8 Å². The first-order valence-corrected chi connectivity index (χ1v) is 12.7. The van der Waals surface area contributed by atoms with Crippen LogP contribution in [0.25, 0.3) is 22.1 Å². The molecule has 1 saturated heterocycles. The van der Waals surface area contributed by atoms with Crippen LogP contribution in [-0.2, 0) is 14.8 Å². The third kappa shape index (κ3) is 5.50. The van der Waals surface area contributed by atoms with Crippen LogP contribution in [0.4, 0.5) is 5.69 Å². The van der Waals surface area contributed by atoms with E-state index in [1.807, 2.05) is 6.07 Å². The summed E-state index contributed by atoms with van der Waals surface area (Å²) < 4.78 is 36.0. The molecular weight excluding hydrogens is 452 g/mol. The maximum Gasteiger partial charge on any atom is 0.229 e. The van der Waals surface area contributed by atoms with Crippen molar-refractivity contribution in [3.05, 3.63) is 76.8 Å². The first kappa shape index (κ1) is 23.6. The standard InChI is InChI=1S/C26H26N2O5S/c1-18(12-13-32-2)28-15-20(16-28)5-4-19-6-11-23-25(14-19)33-17-24(26(23)29)21-7-9-22(10-8-21)27-34(3,30)31/h6-11,14,17,20,27H,1,12-13,15-16H2,2-3H3. The highest BCUT2D eigenvalue weighted by molar-refractivity contribution is 7.92. The zero-order chi connectivity index (χ0) is 24.3. The van der Waals surface area contributed by atoms with E-state index in [2.05, 4.69) is 28.0 Å². The van der Waals surface area contributed by atoms with Gasteiger partial charge in [-0.25, -0.2) is 8.42 Å². The molecule has 0 aliphatic carbocycles. The van der Waals surface area contributed by atoms with Gasteiger partial charge in [-0.2, -0.15) is 0 Å². The van der Waals surface area contributed by atoms with E-state index in [1.165, 1.54) is 6.26 Å². The zero-order valence-electron chi connectivity index (χ0n) is 19.1. The number of fused-ring (bicyclic) bond motifs is 1. The second-order valence-electron chi connectivity index (χ2n) is 8.32. The van der Waals surface area contributed by atoms with Crippen molar-refractivity contribution in [2.45, 2.75) is 6.42 Å². The van der Waals surface area contributed by atoms with Crippen LogP contribution in [0, 0.1) is 17.8 Å². The number of nitrogens with zero attached hydrogens (tertiary/aromatic N) is 1. The summed E-state index contributed by atoms with van der Waals surface area (Å²) in [5.74, 6) is 6.75. The van der Waals surface area contributed by atoms with E-state index in [1.54, 1.807) is 43.5 Å².